The van der Waals surface area contributed by atoms with E-state index in [1.54, 1.807) is 23.0 Å². The van der Waals surface area contributed by atoms with Crippen molar-refractivity contribution in [2.45, 2.75) is 33.7 Å². The van der Waals surface area contributed by atoms with Gasteiger partial charge in [-0.15, -0.1) is 5.10 Å². The summed E-state index contributed by atoms with van der Waals surface area (Å²) < 4.78 is 1.70. The first-order chi connectivity index (χ1) is 9.95. The van der Waals surface area contributed by atoms with E-state index in [0.717, 1.165) is 18.5 Å². The van der Waals surface area contributed by atoms with Gasteiger partial charge in [0.05, 0.1) is 6.20 Å². The maximum absolute atomic E-state index is 12.2. The van der Waals surface area contributed by atoms with E-state index in [-0.39, 0.29) is 5.91 Å². The fourth-order valence-electron chi connectivity index (χ4n) is 1.86. The number of nitrogen functional groups attached to an aromatic ring is 1. The van der Waals surface area contributed by atoms with Crippen LogP contribution in [0.4, 0.5) is 11.4 Å². The van der Waals surface area contributed by atoms with Crippen molar-refractivity contribution in [3.63, 3.8) is 0 Å². The summed E-state index contributed by atoms with van der Waals surface area (Å²) in [7, 11) is 0. The van der Waals surface area contributed by atoms with Crippen LogP contribution in [0.3, 0.4) is 0 Å². The van der Waals surface area contributed by atoms with Gasteiger partial charge in [0.25, 0.3) is 5.91 Å². The fraction of sp³-hybridized carbons (Fsp3) is 0.400. The number of aromatic nitrogens is 3. The van der Waals surface area contributed by atoms with Gasteiger partial charge in [-0.3, -0.25) is 9.48 Å². The van der Waals surface area contributed by atoms with Gasteiger partial charge in [-0.1, -0.05) is 25.1 Å². The van der Waals surface area contributed by atoms with E-state index >= 15 is 0 Å². The van der Waals surface area contributed by atoms with Crippen LogP contribution in [-0.4, -0.2) is 20.9 Å². The lowest BCUT2D eigenvalue weighted by Gasteiger charge is -2.07. The van der Waals surface area contributed by atoms with E-state index in [1.165, 1.54) is 0 Å². The summed E-state index contributed by atoms with van der Waals surface area (Å²) in [5.74, 6) is 0.306. The van der Waals surface area contributed by atoms with Crippen molar-refractivity contribution in [2.24, 2.45) is 5.92 Å². The Hall–Kier alpha value is -2.37. The zero-order valence-corrected chi connectivity index (χ0v) is 12.6. The third kappa shape index (κ3) is 4.05. The monoisotopic (exact) mass is 287 g/mol. The topological polar surface area (TPSA) is 85.8 Å². The summed E-state index contributed by atoms with van der Waals surface area (Å²) in [5, 5.41) is 10.7. The summed E-state index contributed by atoms with van der Waals surface area (Å²) in [5.41, 5.74) is 8.28. The van der Waals surface area contributed by atoms with Gasteiger partial charge in [0, 0.05) is 17.9 Å². The van der Waals surface area contributed by atoms with Crippen LogP contribution >= 0.6 is 0 Å². The summed E-state index contributed by atoms with van der Waals surface area (Å²) in [4.78, 5) is 12.2. The highest BCUT2D eigenvalue weighted by Gasteiger charge is 2.12. The van der Waals surface area contributed by atoms with E-state index in [1.807, 2.05) is 13.0 Å². The van der Waals surface area contributed by atoms with E-state index in [2.05, 4.69) is 29.5 Å². The highest BCUT2D eigenvalue weighted by Crippen LogP contribution is 2.18. The van der Waals surface area contributed by atoms with Crippen LogP contribution in [0.1, 0.15) is 36.3 Å². The first kappa shape index (κ1) is 15.0. The Kier molecular flexibility index (Phi) is 4.57. The van der Waals surface area contributed by atoms with Gasteiger partial charge >= 0.3 is 0 Å². The summed E-state index contributed by atoms with van der Waals surface area (Å²) in [6.07, 6.45) is 2.66. The largest absolute Gasteiger partial charge is 0.399 e. The molecule has 1 amide bonds. The Balaban J connectivity index is 2.05. The number of amides is 1. The number of aryl methyl sites for hydroxylation is 2. The number of hydrogen-bond acceptors (Lipinski definition) is 4. The number of nitrogens with one attached hydrogen (secondary N) is 1. The first-order valence-electron chi connectivity index (χ1n) is 7.03. The Morgan fingerprint density at radius 2 is 2.19 bits per heavy atom. The van der Waals surface area contributed by atoms with Crippen LogP contribution in [-0.2, 0) is 6.54 Å². The number of carbonyl (C=O) groups is 1. The van der Waals surface area contributed by atoms with E-state index in [4.69, 9.17) is 5.73 Å². The lowest BCUT2D eigenvalue weighted by molar-refractivity contribution is 0.102. The molecule has 0 bridgehead atoms. The quantitative estimate of drug-likeness (QED) is 0.827. The molecule has 21 heavy (non-hydrogen) atoms. The summed E-state index contributed by atoms with van der Waals surface area (Å²) >= 11 is 0. The van der Waals surface area contributed by atoms with Gasteiger partial charge in [0.2, 0.25) is 0 Å². The molecule has 6 heteroatoms. The second-order valence-corrected chi connectivity index (χ2v) is 5.58. The van der Waals surface area contributed by atoms with Crippen LogP contribution in [0, 0.1) is 12.8 Å². The standard InChI is InChI=1S/C15H21N5O/c1-10(2)6-7-20-9-14(18-19-20)15(21)17-13-8-12(16)5-4-11(13)3/h4-5,8-10H,6-7,16H2,1-3H3,(H,17,21). The molecule has 1 aromatic carbocycles. The SMILES string of the molecule is Cc1ccc(N)cc1NC(=O)c1cn(CCC(C)C)nn1. The third-order valence-electron chi connectivity index (χ3n) is 3.22. The van der Waals surface area contributed by atoms with Crippen molar-refractivity contribution < 1.29 is 4.79 Å². The van der Waals surface area contributed by atoms with Crippen LogP contribution in [0.5, 0.6) is 0 Å². The number of anilines is 2. The Labute approximate surface area is 124 Å². The molecule has 0 aliphatic rings. The molecule has 6 nitrogen and oxygen atoms in total. The van der Waals surface area contributed by atoms with E-state index in [0.29, 0.717) is 23.0 Å². The lowest BCUT2D eigenvalue weighted by Crippen LogP contribution is -2.13. The van der Waals surface area contributed by atoms with Crippen LogP contribution in [0.2, 0.25) is 0 Å². The molecule has 112 valence electrons. The Morgan fingerprint density at radius 3 is 2.90 bits per heavy atom. The first-order valence-corrected chi connectivity index (χ1v) is 7.03. The average Bonchev–Trinajstić information content (AvgIpc) is 2.89. The minimum atomic E-state index is -0.278. The maximum atomic E-state index is 12.2. The van der Waals surface area contributed by atoms with Gasteiger partial charge in [-0.2, -0.15) is 0 Å². The van der Waals surface area contributed by atoms with Crippen molar-refractivity contribution in [1.29, 1.82) is 0 Å². The van der Waals surface area contributed by atoms with E-state index < -0.39 is 0 Å². The summed E-state index contributed by atoms with van der Waals surface area (Å²) in [6.45, 7) is 6.96. The van der Waals surface area contributed by atoms with Gasteiger partial charge in [0.15, 0.2) is 5.69 Å². The number of carbonyl (C=O) groups excluding carboxylic acids is 1. The van der Waals surface area contributed by atoms with Crippen molar-refractivity contribution in [2.75, 3.05) is 11.1 Å². The smallest absolute Gasteiger partial charge is 0.277 e. The van der Waals surface area contributed by atoms with Crippen molar-refractivity contribution in [3.8, 4) is 0 Å². The molecule has 0 aliphatic heterocycles. The second-order valence-electron chi connectivity index (χ2n) is 5.58. The second kappa shape index (κ2) is 6.39. The van der Waals surface area contributed by atoms with Crippen molar-refractivity contribution in [1.82, 2.24) is 15.0 Å². The van der Waals surface area contributed by atoms with Gasteiger partial charge in [0.1, 0.15) is 0 Å². The molecule has 0 spiro atoms. The molecular weight excluding hydrogens is 266 g/mol. The van der Waals surface area contributed by atoms with Crippen LogP contribution in [0.25, 0.3) is 0 Å². The number of rotatable bonds is 5. The molecule has 0 unspecified atom stereocenters. The Morgan fingerprint density at radius 1 is 1.43 bits per heavy atom. The highest BCUT2D eigenvalue weighted by atomic mass is 16.2. The molecule has 0 radical (unpaired) electrons. The number of nitrogens with zero attached hydrogens (tertiary/aromatic N) is 3. The Bertz CT molecular complexity index is 633. The number of benzene rings is 1. The number of nitrogens with two attached hydrogens (primary N) is 1. The molecule has 1 heterocycles. The van der Waals surface area contributed by atoms with Gasteiger partial charge in [-0.05, 0) is 37.0 Å². The molecule has 2 rings (SSSR count). The zero-order valence-electron chi connectivity index (χ0n) is 12.6. The number of hydrogen-bond donors (Lipinski definition) is 2. The lowest BCUT2D eigenvalue weighted by atomic mass is 10.1. The van der Waals surface area contributed by atoms with Crippen LogP contribution in [0.15, 0.2) is 24.4 Å². The zero-order chi connectivity index (χ0) is 15.4. The molecule has 2 aromatic rings. The minimum absolute atomic E-state index is 0.278. The minimum Gasteiger partial charge on any atom is -0.399 e. The van der Waals surface area contributed by atoms with Crippen LogP contribution < -0.4 is 11.1 Å². The highest BCUT2D eigenvalue weighted by molar-refractivity contribution is 6.03. The molecule has 3 N–H and O–H groups in total. The molecule has 0 fully saturated rings. The maximum Gasteiger partial charge on any atom is 0.277 e. The average molecular weight is 287 g/mol. The van der Waals surface area contributed by atoms with Gasteiger partial charge < -0.3 is 11.1 Å². The summed E-state index contributed by atoms with van der Waals surface area (Å²) in [6, 6.07) is 5.40. The molecule has 0 saturated heterocycles. The third-order valence-corrected chi connectivity index (χ3v) is 3.22. The van der Waals surface area contributed by atoms with Crippen molar-refractivity contribution in [3.05, 3.63) is 35.7 Å². The normalized spacial score (nSPS) is 10.9. The fourth-order valence-corrected chi connectivity index (χ4v) is 1.86. The molecule has 0 aliphatic carbocycles. The molecular formula is C15H21N5O. The van der Waals surface area contributed by atoms with Crippen molar-refractivity contribution >= 4 is 17.3 Å². The molecule has 0 atom stereocenters. The van der Waals surface area contributed by atoms with Gasteiger partial charge in [-0.25, -0.2) is 0 Å². The predicted octanol–water partition coefficient (Wildman–Crippen LogP) is 2.47. The van der Waals surface area contributed by atoms with E-state index in [9.17, 15) is 4.79 Å². The molecule has 0 saturated carbocycles. The predicted molar refractivity (Wildman–Crippen MR) is 83.0 cm³/mol. The molecule has 1 aromatic heterocycles.